The van der Waals surface area contributed by atoms with Gasteiger partial charge in [-0.25, -0.2) is 0 Å². The van der Waals surface area contributed by atoms with Gasteiger partial charge in [-0.1, -0.05) is 41.0 Å². The lowest BCUT2D eigenvalue weighted by molar-refractivity contribution is -0.120. The molecule has 0 amide bonds. The smallest absolute Gasteiger partial charge is 0.135 e. The topological polar surface area (TPSA) is 50.9 Å². The number of ether oxygens (including phenoxy) is 2. The summed E-state index contributed by atoms with van der Waals surface area (Å²) in [7, 11) is 0. The Labute approximate surface area is 130 Å². The molecule has 0 saturated carbocycles. The van der Waals surface area contributed by atoms with E-state index >= 15 is 0 Å². The first kappa shape index (κ1) is 18.6. The Balaban J connectivity index is 2.19. The number of rotatable bonds is 11. The molecule has 1 rings (SSSR count). The monoisotopic (exact) mass is 299 g/mol. The van der Waals surface area contributed by atoms with Gasteiger partial charge in [0, 0.05) is 18.4 Å². The molecule has 2 atom stereocenters. The number of nitrogens with one attached hydrogen (secondary N) is 1. The average molecular weight is 299 g/mol. The Bertz CT molecular complexity index is 339. The van der Waals surface area contributed by atoms with Crippen LogP contribution in [0.4, 0.5) is 0 Å². The maximum atomic E-state index is 11.2. The summed E-state index contributed by atoms with van der Waals surface area (Å²) in [6.45, 7) is 14.5. The van der Waals surface area contributed by atoms with Crippen molar-refractivity contribution in [2.45, 2.75) is 73.1 Å². The third-order valence-corrected chi connectivity index (χ3v) is 3.65. The normalized spacial score (nSPS) is 22.4. The van der Waals surface area contributed by atoms with Crippen LogP contribution >= 0.6 is 0 Å². The Hall–Kier alpha value is -0.450. The van der Waals surface area contributed by atoms with Crippen LogP contribution in [0.2, 0.25) is 0 Å². The van der Waals surface area contributed by atoms with Gasteiger partial charge in [-0.3, -0.25) is 5.32 Å². The molecule has 1 heterocycles. The van der Waals surface area contributed by atoms with Crippen LogP contribution in [0, 0.1) is 10.8 Å². The fourth-order valence-corrected chi connectivity index (χ4v) is 2.58. The number of hydrogen-bond donors (Lipinski definition) is 1. The van der Waals surface area contributed by atoms with Crippen LogP contribution in [0.1, 0.15) is 60.8 Å². The molecule has 4 nitrogen and oxygen atoms in total. The van der Waals surface area contributed by atoms with Crippen LogP contribution in [0.3, 0.4) is 0 Å². The molecule has 1 aliphatic heterocycles. The largest absolute Gasteiger partial charge is 0.380 e. The predicted molar refractivity (Wildman–Crippen MR) is 85.3 cm³/mol. The van der Waals surface area contributed by atoms with Crippen molar-refractivity contribution < 1.29 is 14.3 Å². The Morgan fingerprint density at radius 1 is 1.19 bits per heavy atom. The van der Waals surface area contributed by atoms with Gasteiger partial charge >= 0.3 is 0 Å². The van der Waals surface area contributed by atoms with E-state index in [2.05, 4.69) is 39.9 Å². The van der Waals surface area contributed by atoms with E-state index in [1.807, 2.05) is 0 Å². The Morgan fingerprint density at radius 2 is 1.81 bits per heavy atom. The van der Waals surface area contributed by atoms with E-state index in [4.69, 9.17) is 9.47 Å². The third kappa shape index (κ3) is 7.93. The van der Waals surface area contributed by atoms with Gasteiger partial charge in [0.05, 0.1) is 19.3 Å². The van der Waals surface area contributed by atoms with Crippen molar-refractivity contribution in [2.24, 2.45) is 10.8 Å². The molecular formula is C17H33NO3. The summed E-state index contributed by atoms with van der Waals surface area (Å²) in [5.41, 5.74) is -0.0177. The van der Waals surface area contributed by atoms with E-state index in [0.717, 1.165) is 13.0 Å². The van der Waals surface area contributed by atoms with Gasteiger partial charge in [0.15, 0.2) is 0 Å². The SMILES string of the molecule is CCCC1OC1NCC(C)(C)COCC(C)(C)CC(C)=O. The summed E-state index contributed by atoms with van der Waals surface area (Å²) in [5, 5.41) is 3.46. The molecule has 1 N–H and O–H groups in total. The third-order valence-electron chi connectivity index (χ3n) is 3.65. The number of carbonyl (C=O) groups is 1. The number of Topliss-reactive ketones (excluding diaryl/α,β-unsaturated/α-hetero) is 1. The second-order valence-corrected chi connectivity index (χ2v) is 7.96. The van der Waals surface area contributed by atoms with Crippen molar-refractivity contribution >= 4 is 5.78 Å². The van der Waals surface area contributed by atoms with E-state index in [1.54, 1.807) is 6.92 Å². The van der Waals surface area contributed by atoms with Gasteiger partial charge in [-0.05, 0) is 18.8 Å². The van der Waals surface area contributed by atoms with Crippen LogP contribution in [0.25, 0.3) is 0 Å². The number of carbonyl (C=O) groups excluding carboxylic acids is 1. The highest BCUT2D eigenvalue weighted by Gasteiger charge is 2.38. The zero-order valence-electron chi connectivity index (χ0n) is 14.6. The lowest BCUT2D eigenvalue weighted by Gasteiger charge is -2.28. The maximum Gasteiger partial charge on any atom is 0.135 e. The minimum absolute atomic E-state index is 0.0645. The fraction of sp³-hybridized carbons (Fsp3) is 0.941. The molecule has 0 aromatic carbocycles. The Kier molecular flexibility index (Phi) is 6.82. The maximum absolute atomic E-state index is 11.2. The van der Waals surface area contributed by atoms with Crippen molar-refractivity contribution in [3.05, 3.63) is 0 Å². The van der Waals surface area contributed by atoms with Gasteiger partial charge in [-0.2, -0.15) is 0 Å². The molecule has 0 aliphatic carbocycles. The summed E-state index contributed by atoms with van der Waals surface area (Å²) in [4.78, 5) is 11.2. The molecule has 1 saturated heterocycles. The molecule has 0 spiro atoms. The number of hydrogen-bond acceptors (Lipinski definition) is 4. The van der Waals surface area contributed by atoms with Gasteiger partial charge in [-0.15, -0.1) is 0 Å². The second kappa shape index (κ2) is 7.70. The molecule has 0 bridgehead atoms. The fourth-order valence-electron chi connectivity index (χ4n) is 2.58. The highest BCUT2D eigenvalue weighted by Crippen LogP contribution is 2.26. The molecule has 124 valence electrons. The summed E-state index contributed by atoms with van der Waals surface area (Å²) in [6.07, 6.45) is 3.51. The lowest BCUT2D eigenvalue weighted by Crippen LogP contribution is -2.36. The molecule has 0 aromatic heterocycles. The first-order chi connectivity index (χ1) is 9.65. The van der Waals surface area contributed by atoms with E-state index in [-0.39, 0.29) is 22.8 Å². The number of ketones is 1. The molecule has 0 aromatic rings. The van der Waals surface area contributed by atoms with E-state index < -0.39 is 0 Å². The number of epoxide rings is 1. The van der Waals surface area contributed by atoms with Crippen LogP contribution in [-0.4, -0.2) is 37.9 Å². The van der Waals surface area contributed by atoms with E-state index in [9.17, 15) is 4.79 Å². The van der Waals surface area contributed by atoms with Crippen molar-refractivity contribution in [3.8, 4) is 0 Å². The predicted octanol–water partition coefficient (Wildman–Crippen LogP) is 3.15. The van der Waals surface area contributed by atoms with Gasteiger partial charge in [0.2, 0.25) is 0 Å². The molecule has 1 fully saturated rings. The molecule has 21 heavy (non-hydrogen) atoms. The molecule has 0 radical (unpaired) electrons. The highest BCUT2D eigenvalue weighted by atomic mass is 16.6. The van der Waals surface area contributed by atoms with Crippen LogP contribution < -0.4 is 5.32 Å². The average Bonchev–Trinajstić information content (AvgIpc) is 3.03. The van der Waals surface area contributed by atoms with Gasteiger partial charge in [0.25, 0.3) is 0 Å². The van der Waals surface area contributed by atoms with Crippen LogP contribution in [0.5, 0.6) is 0 Å². The van der Waals surface area contributed by atoms with E-state index in [1.165, 1.54) is 6.42 Å². The van der Waals surface area contributed by atoms with Crippen molar-refractivity contribution in [1.82, 2.24) is 5.32 Å². The Morgan fingerprint density at radius 3 is 2.38 bits per heavy atom. The zero-order valence-corrected chi connectivity index (χ0v) is 14.6. The lowest BCUT2D eigenvalue weighted by atomic mass is 9.88. The summed E-state index contributed by atoms with van der Waals surface area (Å²) < 4.78 is 11.4. The molecule has 1 aliphatic rings. The highest BCUT2D eigenvalue weighted by molar-refractivity contribution is 5.76. The first-order valence-corrected chi connectivity index (χ1v) is 8.11. The van der Waals surface area contributed by atoms with Crippen molar-refractivity contribution in [1.29, 1.82) is 0 Å². The minimum atomic E-state index is -0.0822. The summed E-state index contributed by atoms with van der Waals surface area (Å²) in [5.74, 6) is 0.220. The molecular weight excluding hydrogens is 266 g/mol. The molecule has 4 heteroatoms. The standard InChI is InChI=1S/C17H33NO3/c1-7-8-14-15(21-14)18-10-17(5,6)12-20-11-16(3,4)9-13(2)19/h14-15,18H,7-12H2,1-6H3. The van der Waals surface area contributed by atoms with E-state index in [0.29, 0.717) is 25.7 Å². The first-order valence-electron chi connectivity index (χ1n) is 8.11. The molecule has 2 unspecified atom stereocenters. The van der Waals surface area contributed by atoms with Crippen molar-refractivity contribution in [2.75, 3.05) is 19.8 Å². The van der Waals surface area contributed by atoms with Crippen LogP contribution in [0.15, 0.2) is 0 Å². The van der Waals surface area contributed by atoms with Crippen LogP contribution in [-0.2, 0) is 14.3 Å². The quantitative estimate of drug-likeness (QED) is 0.595. The summed E-state index contributed by atoms with van der Waals surface area (Å²) >= 11 is 0. The minimum Gasteiger partial charge on any atom is -0.380 e. The van der Waals surface area contributed by atoms with Gasteiger partial charge < -0.3 is 14.3 Å². The second-order valence-electron chi connectivity index (χ2n) is 7.96. The zero-order chi connectivity index (χ0) is 16.1. The summed E-state index contributed by atoms with van der Waals surface area (Å²) in [6, 6.07) is 0. The van der Waals surface area contributed by atoms with Gasteiger partial charge in [0.1, 0.15) is 12.0 Å². The van der Waals surface area contributed by atoms with Crippen molar-refractivity contribution in [3.63, 3.8) is 0 Å².